The second kappa shape index (κ2) is 13.4. The molecular weight excluding hydrogens is 506 g/mol. The van der Waals surface area contributed by atoms with Gasteiger partial charge in [-0.15, -0.1) is 0 Å². The van der Waals surface area contributed by atoms with Crippen molar-refractivity contribution in [3.8, 4) is 0 Å². The monoisotopic (exact) mass is 552 g/mol. The zero-order valence-electron chi connectivity index (χ0n) is 24.6. The Morgan fingerprint density at radius 3 is 2.45 bits per heavy atom. The van der Waals surface area contributed by atoms with Gasteiger partial charge < -0.3 is 0 Å². The van der Waals surface area contributed by atoms with E-state index in [4.69, 9.17) is 0 Å². The van der Waals surface area contributed by atoms with Crippen LogP contribution in [0.25, 0.3) is 0 Å². The van der Waals surface area contributed by atoms with Crippen LogP contribution < -0.4 is 10.2 Å². The van der Waals surface area contributed by atoms with E-state index < -0.39 is 17.9 Å². The Hall–Kier alpha value is -2.55. The molecule has 0 saturated carbocycles. The van der Waals surface area contributed by atoms with E-state index in [0.29, 0.717) is 28.1 Å². The number of hydrogen-bond acceptors (Lipinski definition) is 5. The van der Waals surface area contributed by atoms with E-state index in [9.17, 15) is 14.4 Å². The number of imide groups is 1. The van der Waals surface area contributed by atoms with Crippen molar-refractivity contribution in [3.63, 3.8) is 0 Å². The van der Waals surface area contributed by atoms with Gasteiger partial charge in [-0.25, -0.2) is 0 Å². The van der Waals surface area contributed by atoms with Crippen molar-refractivity contribution in [1.82, 2.24) is 15.1 Å². The normalized spacial score (nSPS) is 22.2. The molecule has 0 aliphatic carbocycles. The molecule has 1 aromatic carbocycles. The summed E-state index contributed by atoms with van der Waals surface area (Å²) < 4.78 is 15.2. The van der Waals surface area contributed by atoms with E-state index in [1.54, 1.807) is 13.0 Å². The SMILES string of the molecule is B=CN(C(=O)c1cc(N2CCC(CN3CCC(CC)(CCCC)CC3)CC2)c(F)cc1C)C1CCC(=O)NC1=O. The van der Waals surface area contributed by atoms with Crippen LogP contribution in [-0.2, 0) is 9.59 Å². The van der Waals surface area contributed by atoms with Crippen molar-refractivity contribution < 1.29 is 18.8 Å². The molecule has 1 aromatic rings. The molecule has 40 heavy (non-hydrogen) atoms. The maximum atomic E-state index is 15.2. The number of likely N-dealkylation sites (tertiary alicyclic amines) is 1. The first-order chi connectivity index (χ1) is 19.2. The molecule has 9 heteroatoms. The van der Waals surface area contributed by atoms with Crippen molar-refractivity contribution >= 4 is 37.0 Å². The van der Waals surface area contributed by atoms with Crippen LogP contribution in [0.1, 0.15) is 94.0 Å². The van der Waals surface area contributed by atoms with Gasteiger partial charge in [0, 0.05) is 0 Å². The fourth-order valence-electron chi connectivity index (χ4n) is 6.84. The van der Waals surface area contributed by atoms with Crippen LogP contribution in [0.5, 0.6) is 0 Å². The van der Waals surface area contributed by atoms with Gasteiger partial charge in [0.05, 0.1) is 0 Å². The molecule has 3 aliphatic rings. The molecule has 3 saturated heterocycles. The zero-order valence-corrected chi connectivity index (χ0v) is 24.6. The fraction of sp³-hybridized carbons (Fsp3) is 0.677. The third-order valence-corrected chi connectivity index (χ3v) is 9.70. The van der Waals surface area contributed by atoms with Crippen LogP contribution in [0, 0.1) is 24.1 Å². The molecule has 1 unspecified atom stereocenters. The van der Waals surface area contributed by atoms with E-state index in [-0.39, 0.29) is 24.6 Å². The number of halogens is 1. The number of aryl methyl sites for hydroxylation is 1. The molecule has 0 bridgehead atoms. The molecule has 3 heterocycles. The topological polar surface area (TPSA) is 73.0 Å². The van der Waals surface area contributed by atoms with E-state index >= 15 is 4.39 Å². The first-order valence-corrected chi connectivity index (χ1v) is 15.3. The van der Waals surface area contributed by atoms with Crippen LogP contribution in [0.15, 0.2) is 12.1 Å². The minimum atomic E-state index is -0.810. The minimum absolute atomic E-state index is 0.159. The number of benzene rings is 1. The third kappa shape index (κ3) is 6.84. The van der Waals surface area contributed by atoms with Gasteiger partial charge in [0.15, 0.2) is 0 Å². The molecule has 1 N–H and O–H groups in total. The molecule has 0 aromatic heterocycles. The summed E-state index contributed by atoms with van der Waals surface area (Å²) >= 11 is 0. The molecule has 3 aliphatic heterocycles. The molecule has 218 valence electrons. The molecule has 1 atom stereocenters. The summed E-state index contributed by atoms with van der Waals surface area (Å²) in [5.41, 5.74) is 1.82. The quantitative estimate of drug-likeness (QED) is 0.352. The van der Waals surface area contributed by atoms with E-state index in [2.05, 4.69) is 36.5 Å². The summed E-state index contributed by atoms with van der Waals surface area (Å²) in [5, 5.41) is 2.29. The fourth-order valence-corrected chi connectivity index (χ4v) is 6.84. The Labute approximate surface area is 239 Å². The zero-order chi connectivity index (χ0) is 28.9. The molecular formula is C31H46BFN4O3. The summed E-state index contributed by atoms with van der Waals surface area (Å²) in [4.78, 5) is 43.5. The van der Waals surface area contributed by atoms with E-state index in [1.165, 1.54) is 68.7 Å². The Bertz CT molecular complexity index is 1100. The molecule has 0 radical (unpaired) electrons. The van der Waals surface area contributed by atoms with Crippen molar-refractivity contribution in [3.05, 3.63) is 29.1 Å². The number of amides is 3. The molecule has 0 spiro atoms. The maximum absolute atomic E-state index is 15.2. The third-order valence-electron chi connectivity index (χ3n) is 9.70. The second-order valence-corrected chi connectivity index (χ2v) is 12.2. The summed E-state index contributed by atoms with van der Waals surface area (Å²) in [6.45, 7) is 11.3. The van der Waals surface area contributed by atoms with Gasteiger partial charge in [0.2, 0.25) is 0 Å². The number of carbonyl (C=O) groups is 3. The average Bonchev–Trinajstić information content (AvgIpc) is 2.95. The van der Waals surface area contributed by atoms with Gasteiger partial charge >= 0.3 is 169 Å². The Morgan fingerprint density at radius 1 is 1.15 bits per heavy atom. The number of carbonyl (C=O) groups excluding carboxylic acids is 3. The van der Waals surface area contributed by atoms with Gasteiger partial charge in [-0.3, -0.25) is 0 Å². The number of unbranched alkanes of at least 4 members (excludes halogenated alkanes) is 1. The number of nitrogens with zero attached hydrogens (tertiary/aromatic N) is 3. The van der Waals surface area contributed by atoms with Gasteiger partial charge in [0.1, 0.15) is 0 Å². The first kappa shape index (κ1) is 30.4. The molecule has 3 amide bonds. The van der Waals surface area contributed by atoms with Crippen LogP contribution in [0.4, 0.5) is 10.1 Å². The average molecular weight is 553 g/mol. The Kier molecular flexibility index (Phi) is 10.2. The standard InChI is InChI=1S/C31H46BFN4O3/c1-4-6-11-31(5-2)12-16-35(17-13-31)20-23-9-14-36(15-10-23)27-19-24(22(3)18-25(27)33)30(40)37(21-32)26-7-8-28(38)34-29(26)39/h18-19,21,23,26,32H,4-17,20H2,1-3H3,(H,34,38,39). The van der Waals surface area contributed by atoms with Crippen LogP contribution in [0.2, 0.25) is 0 Å². The number of hydrogen-bond donors (Lipinski definition) is 1. The van der Waals surface area contributed by atoms with Crippen molar-refractivity contribution in [2.24, 2.45) is 11.3 Å². The number of rotatable bonds is 10. The summed E-state index contributed by atoms with van der Waals surface area (Å²) in [7, 11) is 3.73. The van der Waals surface area contributed by atoms with Crippen LogP contribution in [0.3, 0.4) is 0 Å². The molecule has 7 nitrogen and oxygen atoms in total. The summed E-state index contributed by atoms with van der Waals surface area (Å²) in [6.07, 6.45) is 11.6. The van der Waals surface area contributed by atoms with Gasteiger partial charge in [0.25, 0.3) is 0 Å². The van der Waals surface area contributed by atoms with E-state index in [1.807, 2.05) is 0 Å². The summed E-state index contributed by atoms with van der Waals surface area (Å²) in [5.74, 6) is -1.01. The summed E-state index contributed by atoms with van der Waals surface area (Å²) in [6, 6.07) is 2.23. The van der Waals surface area contributed by atoms with Crippen molar-refractivity contribution in [1.29, 1.82) is 0 Å². The Balaban J connectivity index is 1.37. The van der Waals surface area contributed by atoms with Crippen molar-refractivity contribution in [2.75, 3.05) is 37.6 Å². The van der Waals surface area contributed by atoms with Crippen LogP contribution in [-0.4, -0.2) is 79.9 Å². The number of piperidine rings is 3. The van der Waals surface area contributed by atoms with Gasteiger partial charge in [-0.1, -0.05) is 33.1 Å². The van der Waals surface area contributed by atoms with E-state index in [0.717, 1.165) is 32.5 Å². The Morgan fingerprint density at radius 2 is 1.85 bits per heavy atom. The number of anilines is 1. The van der Waals surface area contributed by atoms with Gasteiger partial charge in [-0.2, -0.15) is 0 Å². The molecule has 3 fully saturated rings. The molecule has 4 rings (SSSR count). The van der Waals surface area contributed by atoms with Crippen molar-refractivity contribution in [2.45, 2.75) is 91.0 Å². The first-order valence-electron chi connectivity index (χ1n) is 15.3. The predicted octanol–water partition coefficient (Wildman–Crippen LogP) is 3.94. The second-order valence-electron chi connectivity index (χ2n) is 12.2. The number of nitrogens with one attached hydrogen (secondary N) is 1. The van der Waals surface area contributed by atoms with Gasteiger partial charge in [-0.05, 0) is 37.8 Å². The van der Waals surface area contributed by atoms with Crippen LogP contribution >= 0.6 is 0 Å². The predicted molar refractivity (Wildman–Crippen MR) is 160 cm³/mol.